The average molecular weight is 331 g/mol. The molecule has 0 atom stereocenters. The zero-order chi connectivity index (χ0) is 16.3. The van der Waals surface area contributed by atoms with E-state index in [1.54, 1.807) is 24.3 Å². The zero-order valence-corrected chi connectivity index (χ0v) is 11.7. The van der Waals surface area contributed by atoms with Gasteiger partial charge in [0.1, 0.15) is 10.7 Å². The Bertz CT molecular complexity index is 689. The van der Waals surface area contributed by atoms with Crippen molar-refractivity contribution < 1.29 is 18.0 Å². The third-order valence-electron chi connectivity index (χ3n) is 2.74. The summed E-state index contributed by atoms with van der Waals surface area (Å²) >= 11 is 5.49. The Morgan fingerprint density at radius 2 is 1.91 bits per heavy atom. The molecule has 116 valence electrons. The lowest BCUT2D eigenvalue weighted by Crippen LogP contribution is -2.11. The van der Waals surface area contributed by atoms with Crippen molar-refractivity contribution in [1.82, 2.24) is 9.97 Å². The summed E-state index contributed by atoms with van der Waals surface area (Å²) in [6.45, 7) is 0.251. The minimum absolute atomic E-state index is 0.0306. The van der Waals surface area contributed by atoms with Crippen molar-refractivity contribution in [2.24, 2.45) is 5.73 Å². The summed E-state index contributed by atoms with van der Waals surface area (Å²) in [4.78, 5) is 18.0. The van der Waals surface area contributed by atoms with Crippen LogP contribution in [0.3, 0.4) is 0 Å². The Morgan fingerprint density at radius 3 is 2.41 bits per heavy atom. The first-order valence-corrected chi connectivity index (χ1v) is 6.37. The second kappa shape index (κ2) is 6.18. The maximum absolute atomic E-state index is 12.5. The fourth-order valence-electron chi connectivity index (χ4n) is 1.60. The highest BCUT2D eigenvalue weighted by atomic mass is 35.5. The number of rotatable bonds is 4. The van der Waals surface area contributed by atoms with E-state index in [9.17, 15) is 18.0 Å². The van der Waals surface area contributed by atoms with E-state index in [0.29, 0.717) is 11.8 Å². The van der Waals surface area contributed by atoms with Crippen LogP contribution in [0.4, 0.5) is 19.1 Å². The van der Waals surface area contributed by atoms with Crippen molar-refractivity contribution in [3.8, 4) is 0 Å². The number of halogens is 4. The van der Waals surface area contributed by atoms with Crippen LogP contribution in [0, 0.1) is 0 Å². The number of aromatic nitrogens is 2. The summed E-state index contributed by atoms with van der Waals surface area (Å²) < 4.78 is 37.5. The van der Waals surface area contributed by atoms with Crippen molar-refractivity contribution in [3.63, 3.8) is 0 Å². The van der Waals surface area contributed by atoms with E-state index < -0.39 is 22.8 Å². The number of nitrogens with two attached hydrogens (primary N) is 1. The van der Waals surface area contributed by atoms with Crippen LogP contribution in [0.25, 0.3) is 0 Å². The second-order valence-corrected chi connectivity index (χ2v) is 4.67. The lowest BCUT2D eigenvalue weighted by atomic mass is 10.1. The van der Waals surface area contributed by atoms with Crippen molar-refractivity contribution in [2.45, 2.75) is 12.7 Å². The van der Waals surface area contributed by atoms with Gasteiger partial charge in [-0.3, -0.25) is 4.79 Å². The Hall–Kier alpha value is -2.35. The van der Waals surface area contributed by atoms with Gasteiger partial charge < -0.3 is 11.1 Å². The Labute approximate surface area is 128 Å². The average Bonchev–Trinajstić information content (AvgIpc) is 2.44. The van der Waals surface area contributed by atoms with Gasteiger partial charge in [0.2, 0.25) is 11.9 Å². The molecule has 0 radical (unpaired) electrons. The molecule has 9 heteroatoms. The largest absolute Gasteiger partial charge is 0.420 e. The highest BCUT2D eigenvalue weighted by molar-refractivity contribution is 6.30. The summed E-state index contributed by atoms with van der Waals surface area (Å²) in [6, 6.07) is 6.39. The Balaban J connectivity index is 2.05. The van der Waals surface area contributed by atoms with Crippen molar-refractivity contribution in [1.29, 1.82) is 0 Å². The molecule has 3 N–H and O–H groups in total. The molecule has 1 aromatic carbocycles. The maximum atomic E-state index is 12.5. The molecule has 5 nitrogen and oxygen atoms in total. The van der Waals surface area contributed by atoms with Gasteiger partial charge >= 0.3 is 6.18 Å². The van der Waals surface area contributed by atoms with Crippen LogP contribution >= 0.6 is 11.6 Å². The third kappa shape index (κ3) is 3.85. The maximum Gasteiger partial charge on any atom is 0.420 e. The molecular weight excluding hydrogens is 321 g/mol. The monoisotopic (exact) mass is 330 g/mol. The number of nitrogens with zero attached hydrogens (tertiary/aromatic N) is 2. The molecule has 1 amide bonds. The van der Waals surface area contributed by atoms with Crippen LogP contribution in [0.1, 0.15) is 21.5 Å². The van der Waals surface area contributed by atoms with Crippen LogP contribution in [-0.4, -0.2) is 15.9 Å². The molecule has 22 heavy (non-hydrogen) atoms. The first-order valence-electron chi connectivity index (χ1n) is 5.99. The topological polar surface area (TPSA) is 80.9 Å². The number of nitrogens with one attached hydrogen (secondary N) is 1. The lowest BCUT2D eigenvalue weighted by Gasteiger charge is -2.10. The predicted molar refractivity (Wildman–Crippen MR) is 74.3 cm³/mol. The van der Waals surface area contributed by atoms with Gasteiger partial charge in [-0.05, 0) is 17.7 Å². The number of amides is 1. The van der Waals surface area contributed by atoms with Gasteiger partial charge in [0.05, 0.1) is 0 Å². The van der Waals surface area contributed by atoms with E-state index in [-0.39, 0.29) is 12.5 Å². The molecule has 0 bridgehead atoms. The number of carbonyl (C=O) groups excluding carboxylic acids is 1. The number of hydrogen-bond acceptors (Lipinski definition) is 4. The molecule has 0 saturated heterocycles. The summed E-state index contributed by atoms with van der Waals surface area (Å²) in [5.41, 5.74) is 5.15. The molecule has 0 spiro atoms. The highest BCUT2D eigenvalue weighted by Gasteiger charge is 2.34. The first kappa shape index (κ1) is 16.0. The molecule has 0 fully saturated rings. The molecule has 2 rings (SSSR count). The standard InChI is InChI=1S/C13H10ClF3N4O/c14-10-9(13(15,16)17)6-20-12(21-10)19-5-7-1-3-8(4-2-7)11(18)22/h1-4,6H,5H2,(H2,18,22)(H,19,20,21). The van der Waals surface area contributed by atoms with E-state index in [1.165, 1.54) is 0 Å². The van der Waals surface area contributed by atoms with Crippen LogP contribution in [0.5, 0.6) is 0 Å². The van der Waals surface area contributed by atoms with E-state index >= 15 is 0 Å². The molecule has 2 aromatic rings. The minimum atomic E-state index is -4.60. The van der Waals surface area contributed by atoms with Gasteiger partial charge in [-0.25, -0.2) is 9.97 Å². The zero-order valence-electron chi connectivity index (χ0n) is 11.0. The smallest absolute Gasteiger partial charge is 0.366 e. The molecule has 0 unspecified atom stereocenters. The van der Waals surface area contributed by atoms with Crippen molar-refractivity contribution >= 4 is 23.5 Å². The highest BCUT2D eigenvalue weighted by Crippen LogP contribution is 2.33. The number of primary amides is 1. The minimum Gasteiger partial charge on any atom is -0.366 e. The van der Waals surface area contributed by atoms with Gasteiger partial charge in [-0.2, -0.15) is 13.2 Å². The molecule has 0 saturated carbocycles. The van der Waals surface area contributed by atoms with Gasteiger partial charge in [-0.1, -0.05) is 23.7 Å². The number of benzene rings is 1. The fourth-order valence-corrected chi connectivity index (χ4v) is 1.84. The Morgan fingerprint density at radius 1 is 1.27 bits per heavy atom. The number of carbonyl (C=O) groups is 1. The lowest BCUT2D eigenvalue weighted by molar-refractivity contribution is -0.137. The van der Waals surface area contributed by atoms with Crippen LogP contribution in [0.15, 0.2) is 30.5 Å². The molecule has 0 aliphatic carbocycles. The summed E-state index contributed by atoms with van der Waals surface area (Å²) in [6.07, 6.45) is -3.98. The molecule has 0 aliphatic rings. The van der Waals surface area contributed by atoms with Gasteiger partial charge in [0, 0.05) is 18.3 Å². The van der Waals surface area contributed by atoms with Crippen LogP contribution < -0.4 is 11.1 Å². The van der Waals surface area contributed by atoms with Gasteiger partial charge in [0.15, 0.2) is 0 Å². The number of anilines is 1. The third-order valence-corrected chi connectivity index (χ3v) is 3.02. The van der Waals surface area contributed by atoms with E-state index in [2.05, 4.69) is 15.3 Å². The first-order chi connectivity index (χ1) is 10.3. The number of alkyl halides is 3. The summed E-state index contributed by atoms with van der Waals surface area (Å²) in [7, 11) is 0. The van der Waals surface area contributed by atoms with Crippen LogP contribution in [0.2, 0.25) is 5.15 Å². The van der Waals surface area contributed by atoms with E-state index in [1.807, 2.05) is 0 Å². The fraction of sp³-hybridized carbons (Fsp3) is 0.154. The van der Waals surface area contributed by atoms with Gasteiger partial charge in [0.25, 0.3) is 0 Å². The SMILES string of the molecule is NC(=O)c1ccc(CNc2ncc(C(F)(F)F)c(Cl)n2)cc1. The van der Waals surface area contributed by atoms with E-state index in [0.717, 1.165) is 5.56 Å². The summed E-state index contributed by atoms with van der Waals surface area (Å²) in [5.74, 6) is -0.575. The van der Waals surface area contributed by atoms with E-state index in [4.69, 9.17) is 17.3 Å². The molecule has 0 aliphatic heterocycles. The molecule has 1 heterocycles. The quantitative estimate of drug-likeness (QED) is 0.845. The molecule has 1 aromatic heterocycles. The van der Waals surface area contributed by atoms with Crippen molar-refractivity contribution in [2.75, 3.05) is 5.32 Å². The predicted octanol–water partition coefficient (Wildman–Crippen LogP) is 2.86. The summed E-state index contributed by atoms with van der Waals surface area (Å²) in [5, 5.41) is 2.07. The van der Waals surface area contributed by atoms with Crippen molar-refractivity contribution in [3.05, 3.63) is 52.3 Å². The Kier molecular flexibility index (Phi) is 4.51. The van der Waals surface area contributed by atoms with Crippen LogP contribution in [-0.2, 0) is 12.7 Å². The number of hydrogen-bond donors (Lipinski definition) is 2. The normalized spacial score (nSPS) is 11.3. The van der Waals surface area contributed by atoms with Gasteiger partial charge in [-0.15, -0.1) is 0 Å². The second-order valence-electron chi connectivity index (χ2n) is 4.31. The molecular formula is C13H10ClF3N4O.